The molecule has 0 amide bonds. The summed E-state index contributed by atoms with van der Waals surface area (Å²) in [6.07, 6.45) is 3.46. The van der Waals surface area contributed by atoms with Crippen molar-refractivity contribution < 1.29 is 4.74 Å². The molecule has 0 unspecified atom stereocenters. The molecule has 0 fully saturated rings. The van der Waals surface area contributed by atoms with Crippen LogP contribution in [0.4, 0.5) is 0 Å². The third kappa shape index (κ3) is 4.05. The lowest BCUT2D eigenvalue weighted by atomic mass is 10.0. The summed E-state index contributed by atoms with van der Waals surface area (Å²) in [5, 5.41) is 9.83. The second kappa shape index (κ2) is 8.14. The van der Waals surface area contributed by atoms with Crippen LogP contribution in [0, 0.1) is 0 Å². The Labute approximate surface area is 135 Å². The number of fused-ring (bicyclic) bond motifs is 1. The molecule has 0 radical (unpaired) electrons. The molecular weight excluding hydrogens is 294 g/mol. The molecule has 0 saturated carbocycles. The third-order valence-corrected chi connectivity index (χ3v) is 3.23. The minimum absolute atomic E-state index is 0.453. The molecule has 0 atom stereocenters. The molecule has 2 N–H and O–H groups in total. The van der Waals surface area contributed by atoms with Gasteiger partial charge in [-0.1, -0.05) is 36.4 Å². The molecule has 22 heavy (non-hydrogen) atoms. The summed E-state index contributed by atoms with van der Waals surface area (Å²) in [5.74, 6) is 0.803. The molecule has 0 aliphatic heterocycles. The topological polar surface area (TPSA) is 45.7 Å². The number of ether oxygens (including phenoxy) is 1. The van der Waals surface area contributed by atoms with Crippen LogP contribution in [0.1, 0.15) is 12.5 Å². The first-order chi connectivity index (χ1) is 10.8. The first-order valence-corrected chi connectivity index (χ1v) is 7.49. The van der Waals surface area contributed by atoms with Gasteiger partial charge in [0.2, 0.25) is 0 Å². The van der Waals surface area contributed by atoms with Gasteiger partial charge in [-0.15, -0.1) is 6.58 Å². The molecule has 5 heteroatoms. The average molecular weight is 313 g/mol. The van der Waals surface area contributed by atoms with Crippen molar-refractivity contribution in [3.05, 3.63) is 54.6 Å². The van der Waals surface area contributed by atoms with E-state index in [1.807, 2.05) is 37.3 Å². The van der Waals surface area contributed by atoms with Crippen molar-refractivity contribution in [2.24, 2.45) is 5.10 Å². The number of rotatable bonds is 6. The lowest BCUT2D eigenvalue weighted by molar-refractivity contribution is 0.340. The van der Waals surface area contributed by atoms with Crippen molar-refractivity contribution >= 4 is 34.3 Å². The Balaban J connectivity index is 2.25. The maximum absolute atomic E-state index is 5.69. The van der Waals surface area contributed by atoms with Crippen LogP contribution in [0.15, 0.2) is 54.2 Å². The van der Waals surface area contributed by atoms with Crippen LogP contribution >= 0.6 is 12.2 Å². The summed E-state index contributed by atoms with van der Waals surface area (Å²) in [4.78, 5) is 0. The van der Waals surface area contributed by atoms with Crippen LogP contribution in [0.5, 0.6) is 5.75 Å². The van der Waals surface area contributed by atoms with E-state index < -0.39 is 0 Å². The lowest BCUT2D eigenvalue weighted by Crippen LogP contribution is -2.31. The fraction of sp³-hybridized carbons (Fsp3) is 0.176. The highest BCUT2D eigenvalue weighted by molar-refractivity contribution is 7.80. The molecule has 2 aromatic carbocycles. The number of hydrogen-bond donors (Lipinski definition) is 2. The number of hydrazone groups is 1. The van der Waals surface area contributed by atoms with E-state index in [4.69, 9.17) is 17.0 Å². The quantitative estimate of drug-likeness (QED) is 0.372. The predicted molar refractivity (Wildman–Crippen MR) is 96.6 cm³/mol. The van der Waals surface area contributed by atoms with Crippen molar-refractivity contribution in [3.8, 4) is 5.75 Å². The number of thiocarbonyl (C=S) groups is 1. The molecule has 2 rings (SSSR count). The van der Waals surface area contributed by atoms with Gasteiger partial charge in [0.15, 0.2) is 5.11 Å². The summed E-state index contributed by atoms with van der Waals surface area (Å²) in [6.45, 7) is 6.78. The van der Waals surface area contributed by atoms with Gasteiger partial charge < -0.3 is 10.1 Å². The monoisotopic (exact) mass is 313 g/mol. The van der Waals surface area contributed by atoms with E-state index in [1.165, 1.54) is 0 Å². The minimum Gasteiger partial charge on any atom is -0.493 e. The molecule has 114 valence electrons. The third-order valence-electron chi connectivity index (χ3n) is 3.00. The fourth-order valence-corrected chi connectivity index (χ4v) is 2.19. The molecular formula is C17H19N3OS. The zero-order valence-corrected chi connectivity index (χ0v) is 13.3. The zero-order chi connectivity index (χ0) is 15.8. The normalized spacial score (nSPS) is 10.6. The molecule has 0 aromatic heterocycles. The minimum atomic E-state index is 0.453. The Morgan fingerprint density at radius 3 is 2.91 bits per heavy atom. The highest BCUT2D eigenvalue weighted by atomic mass is 32.1. The molecule has 0 heterocycles. The van der Waals surface area contributed by atoms with Crippen LogP contribution in [-0.2, 0) is 0 Å². The Morgan fingerprint density at radius 2 is 2.14 bits per heavy atom. The van der Waals surface area contributed by atoms with Gasteiger partial charge in [-0.3, -0.25) is 5.43 Å². The van der Waals surface area contributed by atoms with Crippen molar-refractivity contribution in [1.29, 1.82) is 0 Å². The highest BCUT2D eigenvalue weighted by Gasteiger charge is 2.06. The second-order valence-corrected chi connectivity index (χ2v) is 4.91. The Hall–Kier alpha value is -2.40. The largest absolute Gasteiger partial charge is 0.493 e. The van der Waals surface area contributed by atoms with E-state index >= 15 is 0 Å². The van der Waals surface area contributed by atoms with Crippen molar-refractivity contribution in [1.82, 2.24) is 10.7 Å². The summed E-state index contributed by atoms with van der Waals surface area (Å²) < 4.78 is 5.69. The first kappa shape index (κ1) is 16.0. The summed E-state index contributed by atoms with van der Waals surface area (Å²) in [7, 11) is 0. The van der Waals surface area contributed by atoms with E-state index in [1.54, 1.807) is 12.3 Å². The predicted octanol–water partition coefficient (Wildman–Crippen LogP) is 3.22. The SMILES string of the molecule is C=CCNC(=S)N/N=C/c1c(OCC)ccc2ccccc12. The maximum Gasteiger partial charge on any atom is 0.187 e. The summed E-state index contributed by atoms with van der Waals surface area (Å²) >= 11 is 5.10. The number of nitrogens with one attached hydrogen (secondary N) is 2. The van der Waals surface area contributed by atoms with E-state index in [0.717, 1.165) is 22.1 Å². The van der Waals surface area contributed by atoms with Gasteiger partial charge in [0.1, 0.15) is 5.75 Å². The van der Waals surface area contributed by atoms with Crippen LogP contribution in [-0.4, -0.2) is 24.5 Å². The van der Waals surface area contributed by atoms with E-state index in [2.05, 4.69) is 28.5 Å². The summed E-state index contributed by atoms with van der Waals surface area (Å²) in [5.41, 5.74) is 3.72. The Morgan fingerprint density at radius 1 is 1.32 bits per heavy atom. The second-order valence-electron chi connectivity index (χ2n) is 4.50. The van der Waals surface area contributed by atoms with E-state index in [0.29, 0.717) is 18.3 Å². The smallest absolute Gasteiger partial charge is 0.187 e. The zero-order valence-electron chi connectivity index (χ0n) is 12.5. The molecule has 4 nitrogen and oxygen atoms in total. The van der Waals surface area contributed by atoms with Crippen LogP contribution in [0.25, 0.3) is 10.8 Å². The van der Waals surface area contributed by atoms with Crippen LogP contribution in [0.3, 0.4) is 0 Å². The lowest BCUT2D eigenvalue weighted by Gasteiger charge is -2.10. The molecule has 0 bridgehead atoms. The van der Waals surface area contributed by atoms with Gasteiger partial charge in [-0.05, 0) is 36.0 Å². The van der Waals surface area contributed by atoms with Gasteiger partial charge in [-0.25, -0.2) is 0 Å². The van der Waals surface area contributed by atoms with Gasteiger partial charge in [0.25, 0.3) is 0 Å². The number of nitrogens with zero attached hydrogens (tertiary/aromatic N) is 1. The average Bonchev–Trinajstić information content (AvgIpc) is 2.54. The van der Waals surface area contributed by atoms with E-state index in [9.17, 15) is 0 Å². The molecule has 0 spiro atoms. The number of benzene rings is 2. The van der Waals surface area contributed by atoms with E-state index in [-0.39, 0.29) is 0 Å². The standard InChI is InChI=1S/C17H19N3OS/c1-3-11-18-17(22)20-19-12-15-14-8-6-5-7-13(14)9-10-16(15)21-4-2/h3,5-10,12H,1,4,11H2,2H3,(H2,18,20,22)/b19-12+. The van der Waals surface area contributed by atoms with Crippen molar-refractivity contribution in [2.75, 3.05) is 13.2 Å². The summed E-state index contributed by atoms with van der Waals surface area (Å²) in [6, 6.07) is 12.1. The van der Waals surface area contributed by atoms with Gasteiger partial charge in [0, 0.05) is 12.1 Å². The molecule has 0 aliphatic rings. The fourth-order valence-electron chi connectivity index (χ4n) is 2.05. The maximum atomic E-state index is 5.69. The first-order valence-electron chi connectivity index (χ1n) is 7.08. The van der Waals surface area contributed by atoms with Gasteiger partial charge in [0.05, 0.1) is 12.8 Å². The number of hydrogen-bond acceptors (Lipinski definition) is 3. The van der Waals surface area contributed by atoms with Gasteiger partial charge in [-0.2, -0.15) is 5.10 Å². The van der Waals surface area contributed by atoms with Crippen molar-refractivity contribution in [3.63, 3.8) is 0 Å². The Bertz CT molecular complexity index is 697. The Kier molecular flexibility index (Phi) is 5.91. The van der Waals surface area contributed by atoms with Crippen molar-refractivity contribution in [2.45, 2.75) is 6.92 Å². The van der Waals surface area contributed by atoms with Crippen LogP contribution < -0.4 is 15.5 Å². The molecule has 2 aromatic rings. The molecule has 0 aliphatic carbocycles. The molecule has 0 saturated heterocycles. The van der Waals surface area contributed by atoms with Gasteiger partial charge >= 0.3 is 0 Å². The van der Waals surface area contributed by atoms with Crippen LogP contribution in [0.2, 0.25) is 0 Å². The highest BCUT2D eigenvalue weighted by Crippen LogP contribution is 2.26.